The van der Waals surface area contributed by atoms with E-state index < -0.39 is 24.0 Å². The number of fused-ring (bicyclic) bond motifs is 1. The zero-order chi connectivity index (χ0) is 24.5. The number of ether oxygens (including phenoxy) is 1. The molecule has 6 atom stereocenters. The molecule has 0 unspecified atom stereocenters. The summed E-state index contributed by atoms with van der Waals surface area (Å²) >= 11 is 0. The largest absolute Gasteiger partial charge is 0.497 e. The molecule has 35 heavy (non-hydrogen) atoms. The van der Waals surface area contributed by atoms with Gasteiger partial charge in [0.05, 0.1) is 13.2 Å². The molecule has 2 aromatic rings. The molecule has 2 aliphatic heterocycles. The standard InChI is InChI=1S/C24H32N6O5/c1-35-19-4-2-3-15(8-19)22-26-28-30(27-22)18-10-21(24(33)34)29(13-18)12-14-5-6-16-11-25-20(23(31)32)9-17(16)7-14/h2-4,8,14,16-18,20-21,25H,5-7,9-13H2,1H3,(H,31,32)(H,33,34)/t14-,16-,17+,18-,20-,21-/m0/s1. The summed E-state index contributed by atoms with van der Waals surface area (Å²) in [6, 6.07) is 6.20. The number of rotatable bonds is 7. The van der Waals surface area contributed by atoms with E-state index in [1.807, 2.05) is 29.2 Å². The second kappa shape index (κ2) is 9.90. The quantitative estimate of drug-likeness (QED) is 0.529. The Kier molecular flexibility index (Phi) is 6.70. The lowest BCUT2D eigenvalue weighted by atomic mass is 9.69. The Morgan fingerprint density at radius 3 is 2.77 bits per heavy atom. The van der Waals surface area contributed by atoms with Crippen LogP contribution in [0.4, 0.5) is 0 Å². The lowest BCUT2D eigenvalue weighted by molar-refractivity contribution is -0.143. The number of piperidine rings is 1. The molecule has 0 amide bonds. The van der Waals surface area contributed by atoms with Gasteiger partial charge in [0.2, 0.25) is 5.82 Å². The fourth-order valence-corrected chi connectivity index (χ4v) is 6.11. The van der Waals surface area contributed by atoms with Crippen molar-refractivity contribution in [1.29, 1.82) is 0 Å². The zero-order valence-electron chi connectivity index (χ0n) is 19.8. The Hall–Kier alpha value is -3.05. The van der Waals surface area contributed by atoms with Gasteiger partial charge < -0.3 is 20.3 Å². The SMILES string of the molecule is COc1cccc(-c2nnn([C@H]3C[C@@H](C(=O)O)N(C[C@H]4CC[C@H]5CN[C@H](C(=O)O)C[C@H]5C4)C3)n2)c1. The number of hydrogen-bond donors (Lipinski definition) is 3. The average molecular weight is 485 g/mol. The lowest BCUT2D eigenvalue weighted by Gasteiger charge is -2.42. The van der Waals surface area contributed by atoms with Crippen LogP contribution in [0, 0.1) is 17.8 Å². The topological polar surface area (TPSA) is 143 Å². The van der Waals surface area contributed by atoms with Crippen LogP contribution in [0.15, 0.2) is 24.3 Å². The minimum absolute atomic E-state index is 0.172. The van der Waals surface area contributed by atoms with Gasteiger partial charge in [0, 0.05) is 18.7 Å². The van der Waals surface area contributed by atoms with Crippen molar-refractivity contribution in [2.24, 2.45) is 17.8 Å². The highest BCUT2D eigenvalue weighted by Crippen LogP contribution is 2.40. The number of tetrazole rings is 1. The minimum Gasteiger partial charge on any atom is -0.497 e. The first-order valence-corrected chi connectivity index (χ1v) is 12.3. The Morgan fingerprint density at radius 2 is 2.00 bits per heavy atom. The molecule has 3 fully saturated rings. The van der Waals surface area contributed by atoms with Crippen molar-refractivity contribution in [2.75, 3.05) is 26.7 Å². The number of benzene rings is 1. The highest BCUT2D eigenvalue weighted by Gasteiger charge is 2.42. The molecule has 11 nitrogen and oxygen atoms in total. The van der Waals surface area contributed by atoms with Gasteiger partial charge in [-0.05, 0) is 73.7 Å². The first-order valence-electron chi connectivity index (χ1n) is 12.3. The third-order valence-corrected chi connectivity index (χ3v) is 7.95. The van der Waals surface area contributed by atoms with Crippen LogP contribution in [-0.4, -0.2) is 86.1 Å². The normalized spacial score (nSPS) is 31.1. The molecular weight excluding hydrogens is 452 g/mol. The Bertz CT molecular complexity index is 1080. The maximum absolute atomic E-state index is 12.1. The predicted molar refractivity (Wildman–Crippen MR) is 125 cm³/mol. The van der Waals surface area contributed by atoms with Crippen LogP contribution < -0.4 is 10.1 Å². The molecule has 0 radical (unpaired) electrons. The summed E-state index contributed by atoms with van der Waals surface area (Å²) in [5, 5.41) is 35.4. The summed E-state index contributed by atoms with van der Waals surface area (Å²) in [7, 11) is 1.60. The summed E-state index contributed by atoms with van der Waals surface area (Å²) < 4.78 is 5.27. The van der Waals surface area contributed by atoms with E-state index in [4.69, 9.17) is 4.74 Å². The van der Waals surface area contributed by atoms with E-state index in [0.717, 1.165) is 31.4 Å². The van der Waals surface area contributed by atoms with Crippen molar-refractivity contribution < 1.29 is 24.5 Å². The number of carboxylic acid groups (broad SMARTS) is 2. The van der Waals surface area contributed by atoms with Gasteiger partial charge in [-0.1, -0.05) is 12.1 Å². The summed E-state index contributed by atoms with van der Waals surface area (Å²) in [5.41, 5.74) is 0.790. The molecular formula is C24H32N6O5. The molecule has 0 bridgehead atoms. The molecule has 3 aliphatic rings. The van der Waals surface area contributed by atoms with Gasteiger partial charge >= 0.3 is 11.9 Å². The van der Waals surface area contributed by atoms with Crippen molar-refractivity contribution in [2.45, 2.75) is 50.2 Å². The van der Waals surface area contributed by atoms with Crippen LogP contribution in [0.2, 0.25) is 0 Å². The van der Waals surface area contributed by atoms with Gasteiger partial charge in [-0.2, -0.15) is 4.80 Å². The highest BCUT2D eigenvalue weighted by molar-refractivity contribution is 5.74. The molecule has 11 heteroatoms. The number of nitrogens with zero attached hydrogens (tertiary/aromatic N) is 5. The van der Waals surface area contributed by atoms with Crippen LogP contribution in [0.5, 0.6) is 5.75 Å². The molecule has 1 aromatic carbocycles. The van der Waals surface area contributed by atoms with Gasteiger partial charge in [-0.3, -0.25) is 14.5 Å². The second-order valence-corrected chi connectivity index (χ2v) is 10.1. The third kappa shape index (κ3) is 5.01. The zero-order valence-corrected chi connectivity index (χ0v) is 19.8. The molecule has 3 heterocycles. The third-order valence-electron chi connectivity index (χ3n) is 7.95. The van der Waals surface area contributed by atoms with Gasteiger partial charge in [-0.25, -0.2) is 0 Å². The second-order valence-electron chi connectivity index (χ2n) is 10.1. The maximum Gasteiger partial charge on any atom is 0.321 e. The molecule has 188 valence electrons. The molecule has 1 aromatic heterocycles. The van der Waals surface area contributed by atoms with Gasteiger partial charge in [0.15, 0.2) is 0 Å². The maximum atomic E-state index is 12.1. The van der Waals surface area contributed by atoms with E-state index in [0.29, 0.717) is 55.3 Å². The van der Waals surface area contributed by atoms with Gasteiger partial charge in [0.1, 0.15) is 17.8 Å². The number of aliphatic carboxylic acids is 2. The predicted octanol–water partition coefficient (Wildman–Crippen LogP) is 1.53. The van der Waals surface area contributed by atoms with Gasteiger partial charge in [0.25, 0.3) is 0 Å². The average Bonchev–Trinajstić information content (AvgIpc) is 3.51. The molecule has 1 saturated carbocycles. The van der Waals surface area contributed by atoms with E-state index in [1.54, 1.807) is 11.9 Å². The van der Waals surface area contributed by atoms with E-state index in [2.05, 4.69) is 20.7 Å². The monoisotopic (exact) mass is 484 g/mol. The smallest absolute Gasteiger partial charge is 0.321 e. The van der Waals surface area contributed by atoms with Crippen molar-refractivity contribution in [3.05, 3.63) is 24.3 Å². The van der Waals surface area contributed by atoms with E-state index in [9.17, 15) is 19.8 Å². The lowest BCUT2D eigenvalue weighted by Crippen LogP contribution is -2.50. The summed E-state index contributed by atoms with van der Waals surface area (Å²) in [4.78, 5) is 27.1. The fourth-order valence-electron chi connectivity index (χ4n) is 6.11. The fraction of sp³-hybridized carbons (Fsp3) is 0.625. The number of methoxy groups -OCH3 is 1. The van der Waals surface area contributed by atoms with E-state index in [-0.39, 0.29) is 6.04 Å². The Balaban J connectivity index is 1.25. The Morgan fingerprint density at radius 1 is 1.14 bits per heavy atom. The van der Waals surface area contributed by atoms with Crippen molar-refractivity contribution in [3.63, 3.8) is 0 Å². The van der Waals surface area contributed by atoms with Crippen LogP contribution in [-0.2, 0) is 9.59 Å². The van der Waals surface area contributed by atoms with E-state index >= 15 is 0 Å². The summed E-state index contributed by atoms with van der Waals surface area (Å²) in [6.07, 6.45) is 4.11. The number of nitrogens with one attached hydrogen (secondary N) is 1. The molecule has 5 rings (SSSR count). The number of carboxylic acids is 2. The Labute approximate surface area is 203 Å². The van der Waals surface area contributed by atoms with Crippen molar-refractivity contribution in [3.8, 4) is 17.1 Å². The molecule has 2 saturated heterocycles. The number of aromatic nitrogens is 4. The highest BCUT2D eigenvalue weighted by atomic mass is 16.5. The summed E-state index contributed by atoms with van der Waals surface area (Å²) in [6.45, 7) is 2.00. The van der Waals surface area contributed by atoms with E-state index in [1.165, 1.54) is 0 Å². The first-order chi connectivity index (χ1) is 16.9. The van der Waals surface area contributed by atoms with Gasteiger partial charge in [-0.15, -0.1) is 10.2 Å². The summed E-state index contributed by atoms with van der Waals surface area (Å²) in [5.74, 6) is 0.814. The number of likely N-dealkylation sites (tertiary alicyclic amines) is 1. The first kappa shape index (κ1) is 23.7. The molecule has 3 N–H and O–H groups in total. The van der Waals surface area contributed by atoms with Crippen LogP contribution in [0.1, 0.15) is 38.1 Å². The van der Waals surface area contributed by atoms with Crippen molar-refractivity contribution >= 4 is 11.9 Å². The molecule has 1 aliphatic carbocycles. The van der Waals surface area contributed by atoms with Crippen LogP contribution in [0.25, 0.3) is 11.4 Å². The van der Waals surface area contributed by atoms with Crippen molar-refractivity contribution in [1.82, 2.24) is 30.4 Å². The minimum atomic E-state index is -0.831. The number of carbonyl (C=O) groups is 2. The molecule has 0 spiro atoms. The number of hydrogen-bond acceptors (Lipinski definition) is 8. The van der Waals surface area contributed by atoms with Crippen LogP contribution in [0.3, 0.4) is 0 Å². The van der Waals surface area contributed by atoms with Crippen LogP contribution >= 0.6 is 0 Å².